The Hall–Kier alpha value is -3.54. The molecule has 2 aliphatic heterocycles. The summed E-state index contributed by atoms with van der Waals surface area (Å²) in [4.78, 5) is 27.7. The van der Waals surface area contributed by atoms with Crippen molar-refractivity contribution in [2.75, 3.05) is 11.4 Å². The third-order valence-electron chi connectivity index (χ3n) is 5.72. The number of hydrogen-bond donors (Lipinski definition) is 1. The predicted molar refractivity (Wildman–Crippen MR) is 99.9 cm³/mol. The monoisotopic (exact) mass is 394 g/mol. The Balaban J connectivity index is 1.46. The molecule has 29 heavy (non-hydrogen) atoms. The number of hydrogen-bond acceptors (Lipinski definition) is 5. The number of aromatic nitrogens is 3. The molecule has 5 rings (SSSR count). The van der Waals surface area contributed by atoms with E-state index in [1.807, 2.05) is 17.0 Å². The van der Waals surface area contributed by atoms with Crippen LogP contribution in [0.1, 0.15) is 24.0 Å². The van der Waals surface area contributed by atoms with Crippen LogP contribution in [0.4, 0.5) is 14.6 Å². The third kappa shape index (κ3) is 2.56. The first kappa shape index (κ1) is 17.6. The van der Waals surface area contributed by atoms with Crippen LogP contribution in [0.25, 0.3) is 11.0 Å². The summed E-state index contributed by atoms with van der Waals surface area (Å²) in [5.41, 5.74) is 0.525. The molecular weight excluding hydrogens is 378 g/mol. The highest BCUT2D eigenvalue weighted by Crippen LogP contribution is 2.42. The van der Waals surface area contributed by atoms with Gasteiger partial charge in [-0.05, 0) is 31.0 Å². The number of halogens is 2. The lowest BCUT2D eigenvalue weighted by Crippen LogP contribution is -2.46. The highest BCUT2D eigenvalue weighted by molar-refractivity contribution is 5.90. The molecule has 0 spiro atoms. The van der Waals surface area contributed by atoms with Gasteiger partial charge in [0, 0.05) is 18.3 Å². The van der Waals surface area contributed by atoms with Gasteiger partial charge in [-0.15, -0.1) is 0 Å². The normalized spacial score (nSPS) is 21.0. The van der Waals surface area contributed by atoms with Crippen LogP contribution < -0.4 is 4.90 Å². The summed E-state index contributed by atoms with van der Waals surface area (Å²) in [7, 11) is 0. The predicted octanol–water partition coefficient (Wildman–Crippen LogP) is 2.76. The van der Waals surface area contributed by atoms with E-state index in [2.05, 4.69) is 15.0 Å². The molecule has 2 aliphatic rings. The topological polar surface area (TPSA) is 88.9 Å². The fourth-order valence-electron chi connectivity index (χ4n) is 4.35. The number of nitriles is 1. The molecule has 2 atom stereocenters. The number of fused-ring (bicyclic) bond motifs is 3. The van der Waals surface area contributed by atoms with Crippen molar-refractivity contribution in [3.63, 3.8) is 0 Å². The molecule has 7 nitrogen and oxygen atoms in total. The molecule has 1 aromatic carbocycles. The fourth-order valence-corrected chi connectivity index (χ4v) is 4.35. The number of nitrogens with one attached hydrogen (secondary N) is 1. The zero-order valence-electron chi connectivity index (χ0n) is 15.2. The Morgan fingerprint density at radius 1 is 1.21 bits per heavy atom. The minimum atomic E-state index is -3.67. The number of anilines is 1. The van der Waals surface area contributed by atoms with Crippen LogP contribution in [0.2, 0.25) is 0 Å². The number of carbonyl (C=O) groups is 1. The summed E-state index contributed by atoms with van der Waals surface area (Å²) in [6.45, 7) is 0.456. The van der Waals surface area contributed by atoms with Crippen LogP contribution in [0.3, 0.4) is 0 Å². The number of aromatic amines is 1. The molecule has 1 N–H and O–H groups in total. The van der Waals surface area contributed by atoms with Gasteiger partial charge < -0.3 is 14.8 Å². The number of amides is 1. The molecule has 4 heterocycles. The maximum absolute atomic E-state index is 15.0. The summed E-state index contributed by atoms with van der Waals surface area (Å²) in [6, 6.07) is 8.31. The average Bonchev–Trinajstić information content (AvgIpc) is 3.47. The maximum Gasteiger partial charge on any atom is 0.350 e. The van der Waals surface area contributed by atoms with E-state index in [-0.39, 0.29) is 11.6 Å². The van der Waals surface area contributed by atoms with Crippen LogP contribution in [0.15, 0.2) is 42.9 Å². The molecule has 0 radical (unpaired) electrons. The van der Waals surface area contributed by atoms with Crippen molar-refractivity contribution in [2.24, 2.45) is 0 Å². The fraction of sp³-hybridized carbons (Fsp3) is 0.300. The molecule has 2 fully saturated rings. The summed E-state index contributed by atoms with van der Waals surface area (Å²) in [5, 5.41) is 9.65. The van der Waals surface area contributed by atoms with Crippen LogP contribution in [0, 0.1) is 11.3 Å². The lowest BCUT2D eigenvalue weighted by atomic mass is 10.0. The minimum absolute atomic E-state index is 0.267. The molecule has 2 aromatic heterocycles. The number of nitrogens with zero attached hydrogens (tertiary/aromatic N) is 5. The molecule has 2 unspecified atom stereocenters. The number of alkyl halides is 2. The van der Waals surface area contributed by atoms with E-state index in [9.17, 15) is 4.79 Å². The maximum atomic E-state index is 15.0. The summed E-state index contributed by atoms with van der Waals surface area (Å²) in [6.07, 6.45) is 3.99. The summed E-state index contributed by atoms with van der Waals surface area (Å²) in [5.74, 6) is -4.24. The van der Waals surface area contributed by atoms with Crippen LogP contribution in [-0.4, -0.2) is 44.5 Å². The second kappa shape index (κ2) is 6.24. The van der Waals surface area contributed by atoms with Gasteiger partial charge in [0.2, 0.25) is 0 Å². The quantitative estimate of drug-likeness (QED) is 0.738. The summed E-state index contributed by atoms with van der Waals surface area (Å²) >= 11 is 0. The van der Waals surface area contributed by atoms with Crippen molar-refractivity contribution < 1.29 is 13.6 Å². The Morgan fingerprint density at radius 2 is 2.00 bits per heavy atom. The number of rotatable bonds is 3. The first-order valence-electron chi connectivity index (χ1n) is 9.26. The second-order valence-electron chi connectivity index (χ2n) is 7.28. The van der Waals surface area contributed by atoms with Gasteiger partial charge in [0.05, 0.1) is 23.1 Å². The number of carbonyl (C=O) groups excluding carboxylic acids is 1. The molecule has 9 heteroatoms. The molecule has 2 bridgehead atoms. The van der Waals surface area contributed by atoms with E-state index in [0.29, 0.717) is 30.9 Å². The Bertz CT molecular complexity index is 1140. The average molecular weight is 394 g/mol. The number of H-pyrrole nitrogens is 1. The van der Waals surface area contributed by atoms with Gasteiger partial charge in [0.15, 0.2) is 0 Å². The van der Waals surface area contributed by atoms with Gasteiger partial charge in [0.1, 0.15) is 24.0 Å². The van der Waals surface area contributed by atoms with E-state index in [0.717, 1.165) is 17.5 Å². The zero-order chi connectivity index (χ0) is 20.2. The highest BCUT2D eigenvalue weighted by atomic mass is 19.3. The first-order chi connectivity index (χ1) is 14.0. The summed E-state index contributed by atoms with van der Waals surface area (Å²) < 4.78 is 30.0. The minimum Gasteiger partial charge on any atom is -0.346 e. The third-order valence-corrected chi connectivity index (χ3v) is 5.72. The van der Waals surface area contributed by atoms with Crippen molar-refractivity contribution in [1.82, 2.24) is 19.9 Å². The van der Waals surface area contributed by atoms with Crippen molar-refractivity contribution in [3.05, 3.63) is 54.0 Å². The van der Waals surface area contributed by atoms with Crippen molar-refractivity contribution in [2.45, 2.75) is 31.0 Å². The largest absolute Gasteiger partial charge is 0.350 e. The molecule has 0 saturated carbocycles. The van der Waals surface area contributed by atoms with Gasteiger partial charge >= 0.3 is 5.92 Å². The lowest BCUT2D eigenvalue weighted by molar-refractivity contribution is -0.160. The highest BCUT2D eigenvalue weighted by Gasteiger charge is 2.55. The second-order valence-corrected chi connectivity index (χ2v) is 7.28. The lowest BCUT2D eigenvalue weighted by Gasteiger charge is -2.30. The SMILES string of the molecule is N#Cc1ccc(C(F)(F)C(=O)N2C3CCC2N(c2ncnc4[nH]ccc24)C3)cc1. The van der Waals surface area contributed by atoms with Gasteiger partial charge in [-0.25, -0.2) is 9.97 Å². The molecular formula is C20H16F2N6O. The van der Waals surface area contributed by atoms with E-state index in [1.165, 1.54) is 23.4 Å². The smallest absolute Gasteiger partial charge is 0.346 e. The van der Waals surface area contributed by atoms with E-state index in [1.54, 1.807) is 6.20 Å². The van der Waals surface area contributed by atoms with Gasteiger partial charge in [-0.1, -0.05) is 12.1 Å². The Kier molecular flexibility index (Phi) is 3.77. The number of benzene rings is 1. The standard InChI is InChI=1S/C20H16F2N6O/c21-20(22,13-3-1-12(9-23)2-4-13)19(29)28-14-5-6-16(28)27(10-14)18-15-7-8-24-17(15)25-11-26-18/h1-4,7-8,11,14,16H,5-6,10H2,(H,24,25,26). The van der Waals surface area contributed by atoms with Crippen molar-refractivity contribution in [3.8, 4) is 6.07 Å². The van der Waals surface area contributed by atoms with Gasteiger partial charge in [0.25, 0.3) is 5.91 Å². The van der Waals surface area contributed by atoms with E-state index >= 15 is 8.78 Å². The van der Waals surface area contributed by atoms with Gasteiger partial charge in [-0.3, -0.25) is 4.79 Å². The van der Waals surface area contributed by atoms with Crippen molar-refractivity contribution in [1.29, 1.82) is 5.26 Å². The molecule has 0 aliphatic carbocycles. The molecule has 3 aromatic rings. The molecule has 1 amide bonds. The molecule has 2 saturated heterocycles. The van der Waals surface area contributed by atoms with Crippen LogP contribution in [0.5, 0.6) is 0 Å². The Labute approximate surface area is 164 Å². The van der Waals surface area contributed by atoms with Crippen LogP contribution in [-0.2, 0) is 10.7 Å². The van der Waals surface area contributed by atoms with E-state index < -0.39 is 23.6 Å². The Morgan fingerprint density at radius 3 is 2.76 bits per heavy atom. The van der Waals surface area contributed by atoms with Gasteiger partial charge in [-0.2, -0.15) is 14.0 Å². The van der Waals surface area contributed by atoms with E-state index in [4.69, 9.17) is 5.26 Å². The molecule has 146 valence electrons. The zero-order valence-corrected chi connectivity index (χ0v) is 15.2. The number of piperidine rings is 1. The van der Waals surface area contributed by atoms with Crippen molar-refractivity contribution >= 4 is 22.8 Å². The van der Waals surface area contributed by atoms with Crippen LogP contribution >= 0.6 is 0 Å². The first-order valence-corrected chi connectivity index (χ1v) is 9.26.